The van der Waals surface area contributed by atoms with Crippen molar-refractivity contribution >= 4 is 91.3 Å². The van der Waals surface area contributed by atoms with Gasteiger partial charge in [-0.1, -0.05) is 201 Å². The lowest BCUT2D eigenvalue weighted by molar-refractivity contribution is -0.131. The van der Waals surface area contributed by atoms with Gasteiger partial charge in [0.2, 0.25) is 0 Å². The van der Waals surface area contributed by atoms with E-state index >= 15 is 0 Å². The Hall–Kier alpha value is -13.6. The molecule has 15 aromatic rings. The first-order valence-corrected chi connectivity index (χ1v) is 36.5. The SMILES string of the molecule is CCC(C)c1ccc(N(c2ccccc2)c2ccccc2)cc1.COc1ccc(N(c2ccccc2)c2ccc(-c3ccc(N(c4ccccc4)c4ccc(C)cc4)cc3)cc2)cc1.COc1ccc(N(c2ccccc2)c2ccc(-c3ccc(N(c4ccccc4)c4ccc(OC(C)=O)cc4)cc3)cc2)cc1. The molecule has 532 valence electrons. The van der Waals surface area contributed by atoms with Crippen LogP contribution in [0.4, 0.5) is 85.3 Å². The third-order valence-corrected chi connectivity index (χ3v) is 18.9. The second-order valence-corrected chi connectivity index (χ2v) is 26.1. The van der Waals surface area contributed by atoms with Gasteiger partial charge >= 0.3 is 5.97 Å². The van der Waals surface area contributed by atoms with E-state index in [0.717, 1.165) is 90.9 Å². The lowest BCUT2D eigenvalue weighted by Crippen LogP contribution is -2.10. The molecule has 0 N–H and O–H groups in total. The van der Waals surface area contributed by atoms with Crippen LogP contribution >= 0.6 is 0 Å². The predicted molar refractivity (Wildman–Crippen MR) is 451 cm³/mol. The van der Waals surface area contributed by atoms with Crippen LogP contribution in [0.1, 0.15) is 44.2 Å². The molecular weight excluding hydrogens is 1320 g/mol. The molecule has 0 fully saturated rings. The number of rotatable bonds is 22. The molecule has 0 saturated carbocycles. The summed E-state index contributed by atoms with van der Waals surface area (Å²) in [5.41, 5.74) is 23.7. The van der Waals surface area contributed by atoms with Crippen LogP contribution in [0.15, 0.2) is 400 Å². The van der Waals surface area contributed by atoms with E-state index in [1.807, 2.05) is 78.9 Å². The van der Waals surface area contributed by atoms with Crippen molar-refractivity contribution in [2.45, 2.75) is 40.0 Å². The van der Waals surface area contributed by atoms with Crippen LogP contribution in [0.25, 0.3) is 22.3 Å². The fraction of sp³-hybridized carbons (Fsp3) is 0.0808. The summed E-state index contributed by atoms with van der Waals surface area (Å²) in [6.07, 6.45) is 1.17. The van der Waals surface area contributed by atoms with E-state index in [1.54, 1.807) is 14.2 Å². The standard InChI is InChI=1S/C39H32N2O3.C38H32N2O.C22H23N/c1-29(42)44-39-27-23-37(24-28-39)41(33-11-7-4-8-12-33)35-19-15-31(16-20-35)30-13-17-34(18-14-30)40(32-9-5-3-6-10-32)36-21-25-38(43-2)26-22-36;1-29-13-19-34(20-14-29)39(32-9-5-3-6-10-32)35-21-15-30(16-22-35)31-17-23-36(24-18-31)40(33-11-7-4-8-12-33)37-25-27-38(41-2)28-26-37;1-3-18(2)19-14-16-22(17-15-19)23(20-10-6-4-7-11-20)21-12-8-5-9-13-21/h3-28H,1-2H3;3-28H,1-2H3;4-18H,3H2,1-2H3. The maximum absolute atomic E-state index is 11.4. The van der Waals surface area contributed by atoms with Gasteiger partial charge in [0.25, 0.3) is 0 Å². The Labute approximate surface area is 636 Å². The maximum atomic E-state index is 11.4. The molecule has 0 radical (unpaired) electrons. The lowest BCUT2D eigenvalue weighted by Gasteiger charge is -2.26. The number of methoxy groups -OCH3 is 2. The van der Waals surface area contributed by atoms with E-state index in [2.05, 4.69) is 367 Å². The van der Waals surface area contributed by atoms with Gasteiger partial charge in [-0.05, 0) is 265 Å². The van der Waals surface area contributed by atoms with E-state index in [0.29, 0.717) is 11.7 Å². The molecule has 1 atom stereocenters. The zero-order valence-electron chi connectivity index (χ0n) is 61.8. The lowest BCUT2D eigenvalue weighted by atomic mass is 9.98. The monoisotopic (exact) mass is 1410 g/mol. The molecule has 15 rings (SSSR count). The summed E-state index contributed by atoms with van der Waals surface area (Å²) >= 11 is 0. The van der Waals surface area contributed by atoms with Gasteiger partial charge in [0.15, 0.2) is 0 Å². The Morgan fingerprint density at radius 1 is 0.259 bits per heavy atom. The van der Waals surface area contributed by atoms with E-state index in [1.165, 1.54) is 52.7 Å². The number of anilines is 15. The van der Waals surface area contributed by atoms with Gasteiger partial charge in [0.1, 0.15) is 17.2 Å². The fourth-order valence-corrected chi connectivity index (χ4v) is 13.1. The quantitative estimate of drug-likeness (QED) is 0.0488. The van der Waals surface area contributed by atoms with Gasteiger partial charge in [0, 0.05) is 92.2 Å². The number of carbonyl (C=O) groups excluding carboxylic acids is 1. The molecule has 9 nitrogen and oxygen atoms in total. The average molecular weight is 1410 g/mol. The van der Waals surface area contributed by atoms with E-state index in [4.69, 9.17) is 14.2 Å². The third-order valence-electron chi connectivity index (χ3n) is 18.9. The number of hydrogen-bond donors (Lipinski definition) is 0. The maximum Gasteiger partial charge on any atom is 0.308 e. The van der Waals surface area contributed by atoms with Crippen molar-refractivity contribution in [3.63, 3.8) is 0 Å². The van der Waals surface area contributed by atoms with Crippen LogP contribution in [0.5, 0.6) is 17.2 Å². The number of para-hydroxylation sites is 6. The molecule has 0 spiro atoms. The molecular formula is C99H87N5O4. The Morgan fingerprint density at radius 2 is 0.444 bits per heavy atom. The highest BCUT2D eigenvalue weighted by Crippen LogP contribution is 2.43. The predicted octanol–water partition coefficient (Wildman–Crippen LogP) is 27.5. The van der Waals surface area contributed by atoms with Crippen molar-refractivity contribution in [1.82, 2.24) is 0 Å². The van der Waals surface area contributed by atoms with Crippen LogP contribution < -0.4 is 38.7 Å². The molecule has 15 aromatic carbocycles. The van der Waals surface area contributed by atoms with E-state index in [-0.39, 0.29) is 5.97 Å². The van der Waals surface area contributed by atoms with Crippen LogP contribution in [0, 0.1) is 6.92 Å². The molecule has 0 amide bonds. The smallest absolute Gasteiger partial charge is 0.308 e. The number of benzene rings is 15. The molecule has 0 aliphatic rings. The number of esters is 1. The number of ether oxygens (including phenoxy) is 3. The molecule has 9 heteroatoms. The van der Waals surface area contributed by atoms with Gasteiger partial charge in [-0.15, -0.1) is 0 Å². The minimum Gasteiger partial charge on any atom is -0.497 e. The molecule has 1 unspecified atom stereocenters. The second kappa shape index (κ2) is 35.7. The van der Waals surface area contributed by atoms with Gasteiger partial charge in [0.05, 0.1) is 14.2 Å². The summed E-state index contributed by atoms with van der Waals surface area (Å²) < 4.78 is 16.0. The number of aryl methyl sites for hydroxylation is 1. The topological polar surface area (TPSA) is 61.0 Å². The summed E-state index contributed by atoms with van der Waals surface area (Å²) in [7, 11) is 3.37. The van der Waals surface area contributed by atoms with Crippen LogP contribution in [-0.4, -0.2) is 20.2 Å². The van der Waals surface area contributed by atoms with E-state index in [9.17, 15) is 4.79 Å². The highest BCUT2D eigenvalue weighted by Gasteiger charge is 2.19. The fourth-order valence-electron chi connectivity index (χ4n) is 13.1. The van der Waals surface area contributed by atoms with Crippen molar-refractivity contribution in [3.8, 4) is 39.5 Å². The van der Waals surface area contributed by atoms with Crippen LogP contribution in [0.2, 0.25) is 0 Å². The normalized spacial score (nSPS) is 10.9. The molecule has 108 heavy (non-hydrogen) atoms. The van der Waals surface area contributed by atoms with E-state index < -0.39 is 0 Å². The molecule has 0 aliphatic heterocycles. The van der Waals surface area contributed by atoms with Crippen LogP contribution in [0.3, 0.4) is 0 Å². The van der Waals surface area contributed by atoms with Gasteiger partial charge in [-0.2, -0.15) is 0 Å². The summed E-state index contributed by atoms with van der Waals surface area (Å²) in [5.74, 6) is 2.45. The Morgan fingerprint density at radius 3 is 0.648 bits per heavy atom. The summed E-state index contributed by atoms with van der Waals surface area (Å²) in [4.78, 5) is 22.6. The van der Waals surface area contributed by atoms with Gasteiger partial charge in [-0.3, -0.25) is 4.79 Å². The summed E-state index contributed by atoms with van der Waals surface area (Å²) in [5, 5.41) is 0. The average Bonchev–Trinajstić information content (AvgIpc) is 0.810. The summed E-state index contributed by atoms with van der Waals surface area (Å²) in [6.45, 7) is 8.03. The third kappa shape index (κ3) is 18.1. The number of carbonyl (C=O) groups is 1. The number of hydrogen-bond acceptors (Lipinski definition) is 9. The highest BCUT2D eigenvalue weighted by atomic mass is 16.5. The minimum atomic E-state index is -0.338. The first-order valence-electron chi connectivity index (χ1n) is 36.5. The molecule has 0 saturated heterocycles. The first kappa shape index (κ1) is 72.7. The minimum absolute atomic E-state index is 0.338. The van der Waals surface area contributed by atoms with Gasteiger partial charge < -0.3 is 38.7 Å². The Balaban J connectivity index is 0.000000150. The zero-order chi connectivity index (χ0) is 74.4. The van der Waals surface area contributed by atoms with Gasteiger partial charge in [-0.25, -0.2) is 0 Å². The first-order chi connectivity index (χ1) is 53.1. The Bertz CT molecular complexity index is 5180. The molecule has 0 heterocycles. The Kier molecular flexibility index (Phi) is 24.0. The zero-order valence-corrected chi connectivity index (χ0v) is 61.8. The molecule has 0 aromatic heterocycles. The largest absolute Gasteiger partial charge is 0.497 e. The van der Waals surface area contributed by atoms with Crippen molar-refractivity contribution in [1.29, 1.82) is 0 Å². The van der Waals surface area contributed by atoms with Crippen molar-refractivity contribution in [2.24, 2.45) is 0 Å². The highest BCUT2D eigenvalue weighted by molar-refractivity contribution is 5.84. The van der Waals surface area contributed by atoms with Crippen LogP contribution in [-0.2, 0) is 4.79 Å². The van der Waals surface area contributed by atoms with Crippen molar-refractivity contribution < 1.29 is 19.0 Å². The number of nitrogens with zero attached hydrogens (tertiary/aromatic N) is 5. The van der Waals surface area contributed by atoms with Crippen molar-refractivity contribution in [2.75, 3.05) is 38.7 Å². The van der Waals surface area contributed by atoms with Crippen molar-refractivity contribution in [3.05, 3.63) is 412 Å². The molecule has 0 bridgehead atoms. The summed E-state index contributed by atoms with van der Waals surface area (Å²) in [6, 6.07) is 139. The second-order valence-electron chi connectivity index (χ2n) is 26.1. The molecule has 0 aliphatic carbocycles.